The molecule has 0 saturated carbocycles. The van der Waals surface area contributed by atoms with Crippen LogP contribution < -0.4 is 5.43 Å². The number of H-pyrrole nitrogens is 1. The molecule has 0 unspecified atom stereocenters. The van der Waals surface area contributed by atoms with Crippen LogP contribution in [0.2, 0.25) is 0 Å². The van der Waals surface area contributed by atoms with Gasteiger partial charge in [0.05, 0.1) is 23.0 Å². The number of aromatic nitrogens is 2. The molecule has 8 heteroatoms. The van der Waals surface area contributed by atoms with Gasteiger partial charge in [-0.3, -0.25) is 4.79 Å². The lowest BCUT2D eigenvalue weighted by atomic mass is 10.0. The van der Waals surface area contributed by atoms with Crippen molar-refractivity contribution in [1.29, 1.82) is 0 Å². The summed E-state index contributed by atoms with van der Waals surface area (Å²) in [5.74, 6) is 0.0136. The Labute approximate surface area is 173 Å². The summed E-state index contributed by atoms with van der Waals surface area (Å²) in [6, 6.07) is 16.9. The molecule has 0 saturated heterocycles. The number of hydrazone groups is 1. The molecule has 0 aliphatic heterocycles. The zero-order chi connectivity index (χ0) is 19.5. The van der Waals surface area contributed by atoms with Gasteiger partial charge in [-0.2, -0.15) is 5.10 Å². The number of imidazole rings is 1. The molecule has 0 bridgehead atoms. The Morgan fingerprint density at radius 2 is 2.11 bits per heavy atom. The summed E-state index contributed by atoms with van der Waals surface area (Å²) >= 11 is 4.73. The zero-order valence-electron chi connectivity index (χ0n) is 14.5. The molecule has 3 N–H and O–H groups in total. The van der Waals surface area contributed by atoms with Crippen LogP contribution in [-0.2, 0) is 4.79 Å². The third-order valence-electron chi connectivity index (χ3n) is 4.09. The van der Waals surface area contributed by atoms with Crippen molar-refractivity contribution in [2.45, 2.75) is 5.16 Å². The minimum atomic E-state index is -0.260. The van der Waals surface area contributed by atoms with Crippen molar-refractivity contribution in [3.63, 3.8) is 0 Å². The number of para-hydroxylation sites is 2. The number of thioether (sulfide) groups is 1. The Kier molecular flexibility index (Phi) is 5.31. The normalized spacial score (nSPS) is 11.5. The van der Waals surface area contributed by atoms with E-state index in [0.29, 0.717) is 10.7 Å². The van der Waals surface area contributed by atoms with Gasteiger partial charge in [-0.25, -0.2) is 10.4 Å². The quantitative estimate of drug-likeness (QED) is 0.236. The second-order valence-corrected chi connectivity index (χ2v) is 7.88. The van der Waals surface area contributed by atoms with E-state index in [1.807, 2.05) is 48.5 Å². The second-order valence-electron chi connectivity index (χ2n) is 6.00. The average molecular weight is 455 g/mol. The molecular formula is C20H15BrN4O2S. The maximum absolute atomic E-state index is 12.1. The highest BCUT2D eigenvalue weighted by molar-refractivity contribution is 9.10. The molecule has 6 nitrogen and oxygen atoms in total. The van der Waals surface area contributed by atoms with Crippen molar-refractivity contribution in [3.05, 3.63) is 64.6 Å². The first-order chi connectivity index (χ1) is 13.6. The highest BCUT2D eigenvalue weighted by Crippen LogP contribution is 2.28. The van der Waals surface area contributed by atoms with Crippen LogP contribution >= 0.6 is 27.7 Å². The number of nitrogens with one attached hydrogen (secondary N) is 2. The van der Waals surface area contributed by atoms with Crippen LogP contribution in [0, 0.1) is 0 Å². The summed E-state index contributed by atoms with van der Waals surface area (Å²) < 4.78 is 0.949. The summed E-state index contributed by atoms with van der Waals surface area (Å²) in [6.07, 6.45) is 1.45. The first-order valence-corrected chi connectivity index (χ1v) is 10.2. The molecule has 0 aliphatic carbocycles. The number of carbonyl (C=O) groups is 1. The predicted molar refractivity (Wildman–Crippen MR) is 116 cm³/mol. The van der Waals surface area contributed by atoms with E-state index in [1.54, 1.807) is 6.07 Å². The van der Waals surface area contributed by atoms with Crippen LogP contribution in [0.1, 0.15) is 5.56 Å². The van der Waals surface area contributed by atoms with E-state index in [4.69, 9.17) is 0 Å². The van der Waals surface area contributed by atoms with Gasteiger partial charge in [0.1, 0.15) is 5.75 Å². The average Bonchev–Trinajstić information content (AvgIpc) is 3.11. The van der Waals surface area contributed by atoms with E-state index in [1.165, 1.54) is 18.0 Å². The van der Waals surface area contributed by atoms with Crippen LogP contribution in [0.3, 0.4) is 0 Å². The summed E-state index contributed by atoms with van der Waals surface area (Å²) in [5, 5.41) is 16.6. The number of rotatable bonds is 5. The number of halogens is 1. The third kappa shape index (κ3) is 4.02. The van der Waals surface area contributed by atoms with E-state index in [9.17, 15) is 9.90 Å². The van der Waals surface area contributed by atoms with Crippen LogP contribution in [0.4, 0.5) is 0 Å². The Morgan fingerprint density at radius 1 is 1.25 bits per heavy atom. The fourth-order valence-electron chi connectivity index (χ4n) is 2.78. The number of hydrogen-bond acceptors (Lipinski definition) is 5. The Hall–Kier alpha value is -2.84. The number of amides is 1. The highest BCUT2D eigenvalue weighted by atomic mass is 79.9. The van der Waals surface area contributed by atoms with Crippen LogP contribution in [0.25, 0.3) is 21.8 Å². The van der Waals surface area contributed by atoms with Gasteiger partial charge in [0.2, 0.25) is 0 Å². The van der Waals surface area contributed by atoms with Crippen molar-refractivity contribution >= 4 is 61.6 Å². The number of benzene rings is 3. The van der Waals surface area contributed by atoms with Gasteiger partial charge >= 0.3 is 0 Å². The fourth-order valence-corrected chi connectivity index (χ4v) is 3.84. The molecule has 4 aromatic rings. The monoisotopic (exact) mass is 454 g/mol. The Morgan fingerprint density at radius 3 is 2.96 bits per heavy atom. The van der Waals surface area contributed by atoms with E-state index >= 15 is 0 Å². The van der Waals surface area contributed by atoms with Crippen molar-refractivity contribution in [2.24, 2.45) is 5.10 Å². The van der Waals surface area contributed by atoms with Gasteiger partial charge in [-0.15, -0.1) is 0 Å². The number of fused-ring (bicyclic) bond motifs is 2. The maximum atomic E-state index is 12.1. The maximum Gasteiger partial charge on any atom is 0.250 e. The number of aromatic hydroxyl groups is 1. The zero-order valence-corrected chi connectivity index (χ0v) is 16.9. The van der Waals surface area contributed by atoms with Gasteiger partial charge < -0.3 is 10.1 Å². The van der Waals surface area contributed by atoms with Gasteiger partial charge in [0.15, 0.2) is 5.16 Å². The van der Waals surface area contributed by atoms with Crippen molar-refractivity contribution in [2.75, 3.05) is 5.75 Å². The predicted octanol–water partition coefficient (Wildman–Crippen LogP) is 4.43. The molecule has 1 aromatic heterocycles. The van der Waals surface area contributed by atoms with Gasteiger partial charge in [-0.05, 0) is 41.1 Å². The van der Waals surface area contributed by atoms with Crippen molar-refractivity contribution in [1.82, 2.24) is 15.4 Å². The molecule has 0 fully saturated rings. The smallest absolute Gasteiger partial charge is 0.250 e. The first kappa shape index (κ1) is 18.5. The Bertz CT molecular complexity index is 1170. The van der Waals surface area contributed by atoms with E-state index < -0.39 is 0 Å². The lowest BCUT2D eigenvalue weighted by Crippen LogP contribution is -2.19. The molecule has 0 spiro atoms. The number of phenolic OH excluding ortho intramolecular Hbond substituents is 1. The van der Waals surface area contributed by atoms with Crippen LogP contribution in [-0.4, -0.2) is 32.9 Å². The minimum Gasteiger partial charge on any atom is -0.507 e. The van der Waals surface area contributed by atoms with Crippen LogP contribution in [0.15, 0.2) is 69.3 Å². The van der Waals surface area contributed by atoms with E-state index in [-0.39, 0.29) is 17.4 Å². The van der Waals surface area contributed by atoms with Crippen molar-refractivity contribution in [3.8, 4) is 5.75 Å². The third-order valence-corrected chi connectivity index (χ3v) is 5.46. The van der Waals surface area contributed by atoms with Gasteiger partial charge in [0.25, 0.3) is 5.91 Å². The minimum absolute atomic E-state index is 0.101. The molecular weight excluding hydrogens is 440 g/mol. The number of phenols is 1. The first-order valence-electron chi connectivity index (χ1n) is 8.41. The number of aromatic amines is 1. The lowest BCUT2D eigenvalue weighted by Gasteiger charge is -2.05. The Balaban J connectivity index is 1.41. The molecule has 3 aromatic carbocycles. The topological polar surface area (TPSA) is 90.4 Å². The SMILES string of the molecule is O=C(CSc1nc2ccccc2[nH]1)N/N=C/c1c(O)ccc2cc(Br)ccc12. The molecule has 0 atom stereocenters. The highest BCUT2D eigenvalue weighted by Gasteiger charge is 2.08. The number of hydrogen-bond donors (Lipinski definition) is 3. The second kappa shape index (κ2) is 8.04. The molecule has 0 radical (unpaired) electrons. The molecule has 0 aliphatic rings. The molecule has 1 amide bonds. The summed E-state index contributed by atoms with van der Waals surface area (Å²) in [6.45, 7) is 0. The van der Waals surface area contributed by atoms with E-state index in [0.717, 1.165) is 26.3 Å². The lowest BCUT2D eigenvalue weighted by molar-refractivity contribution is -0.118. The fraction of sp³-hybridized carbons (Fsp3) is 0.0500. The van der Waals surface area contributed by atoms with Gasteiger partial charge in [-0.1, -0.05) is 52.0 Å². The summed E-state index contributed by atoms with van der Waals surface area (Å²) in [7, 11) is 0. The van der Waals surface area contributed by atoms with E-state index in [2.05, 4.69) is 36.4 Å². The molecule has 140 valence electrons. The molecule has 4 rings (SSSR count). The standard InChI is InChI=1S/C20H15BrN4O2S/c21-13-6-7-14-12(9-13)5-8-18(26)15(14)10-22-25-19(27)11-28-20-23-16-3-1-2-4-17(16)24-20/h1-10,26H,11H2,(H,23,24)(H,25,27)/b22-10+. The number of nitrogens with zero attached hydrogens (tertiary/aromatic N) is 2. The summed E-state index contributed by atoms with van der Waals surface area (Å²) in [5.41, 5.74) is 4.83. The number of carbonyl (C=O) groups excluding carboxylic acids is 1. The van der Waals surface area contributed by atoms with Gasteiger partial charge in [0, 0.05) is 10.0 Å². The molecule has 28 heavy (non-hydrogen) atoms. The van der Waals surface area contributed by atoms with Crippen molar-refractivity contribution < 1.29 is 9.90 Å². The summed E-state index contributed by atoms with van der Waals surface area (Å²) in [4.78, 5) is 19.6. The molecule has 1 heterocycles. The van der Waals surface area contributed by atoms with Crippen LogP contribution in [0.5, 0.6) is 5.75 Å². The largest absolute Gasteiger partial charge is 0.507 e.